The Hall–Kier alpha value is -2.36. The molecule has 0 aromatic heterocycles. The number of amides is 1. The first-order valence-electron chi connectivity index (χ1n) is 10.7. The number of halogens is 1. The molecule has 0 spiro atoms. The van der Waals surface area contributed by atoms with Gasteiger partial charge in [-0.3, -0.25) is 9.69 Å². The molecule has 1 saturated heterocycles. The molecule has 1 aliphatic heterocycles. The van der Waals surface area contributed by atoms with E-state index in [0.29, 0.717) is 39.0 Å². The monoisotopic (exact) mass is 563 g/mol. The second-order valence-electron chi connectivity index (χ2n) is 7.95. The number of hydrogen-bond donors (Lipinski definition) is 0. The highest BCUT2D eigenvalue weighted by Crippen LogP contribution is 2.41. The van der Waals surface area contributed by atoms with E-state index in [-0.39, 0.29) is 10.2 Å². The summed E-state index contributed by atoms with van der Waals surface area (Å²) in [6, 6.07) is 11.7. The first-order chi connectivity index (χ1) is 16.3. The van der Waals surface area contributed by atoms with Crippen LogP contribution in [0, 0.1) is 5.92 Å². The number of ether oxygens (including phenoxy) is 3. The average Bonchev–Trinajstić information content (AvgIpc) is 3.08. The Morgan fingerprint density at radius 2 is 1.91 bits per heavy atom. The first-order valence-corrected chi connectivity index (χ1v) is 12.7. The number of hydrogen-bond acceptors (Lipinski definition) is 7. The fraction of sp³-hybridized carbons (Fsp3) is 0.320. The van der Waals surface area contributed by atoms with Crippen LogP contribution < -0.4 is 9.47 Å². The SMILES string of the molecule is COC(=O)C(c1ccccc1)N1C(=O)/C(=C\c2cc(Br)c(OCCC(C)C)c(OC)c2)SC1=S. The summed E-state index contributed by atoms with van der Waals surface area (Å²) in [5, 5.41) is 0. The van der Waals surface area contributed by atoms with Crippen LogP contribution in [0.5, 0.6) is 11.5 Å². The molecule has 0 radical (unpaired) electrons. The summed E-state index contributed by atoms with van der Waals surface area (Å²) < 4.78 is 17.4. The Balaban J connectivity index is 1.91. The number of thioether (sulfide) groups is 1. The van der Waals surface area contributed by atoms with Crippen LogP contribution in [0.15, 0.2) is 51.8 Å². The number of esters is 1. The molecule has 1 fully saturated rings. The topological polar surface area (TPSA) is 65.1 Å². The molecule has 1 aliphatic rings. The Kier molecular flexibility index (Phi) is 9.16. The highest BCUT2D eigenvalue weighted by atomic mass is 79.9. The van der Waals surface area contributed by atoms with Crippen molar-refractivity contribution in [2.75, 3.05) is 20.8 Å². The summed E-state index contributed by atoms with van der Waals surface area (Å²) in [7, 11) is 2.86. The van der Waals surface area contributed by atoms with Gasteiger partial charge in [-0.15, -0.1) is 0 Å². The van der Waals surface area contributed by atoms with E-state index in [0.717, 1.165) is 23.7 Å². The normalized spacial score (nSPS) is 15.7. The summed E-state index contributed by atoms with van der Waals surface area (Å²) >= 11 is 10.2. The van der Waals surface area contributed by atoms with Crippen LogP contribution in [0.25, 0.3) is 6.08 Å². The van der Waals surface area contributed by atoms with Crippen molar-refractivity contribution in [2.24, 2.45) is 5.92 Å². The summed E-state index contributed by atoms with van der Waals surface area (Å²) in [5.41, 5.74) is 1.36. The van der Waals surface area contributed by atoms with Gasteiger partial charge < -0.3 is 14.2 Å². The molecule has 34 heavy (non-hydrogen) atoms. The van der Waals surface area contributed by atoms with Gasteiger partial charge in [0, 0.05) is 0 Å². The third kappa shape index (κ3) is 6.00. The van der Waals surface area contributed by atoms with Gasteiger partial charge in [0.25, 0.3) is 5.91 Å². The predicted molar refractivity (Wildman–Crippen MR) is 142 cm³/mol. The summed E-state index contributed by atoms with van der Waals surface area (Å²) in [6.45, 7) is 4.84. The van der Waals surface area contributed by atoms with E-state index >= 15 is 0 Å². The van der Waals surface area contributed by atoms with Crippen LogP contribution in [0.4, 0.5) is 0 Å². The maximum atomic E-state index is 13.3. The molecule has 3 rings (SSSR count). The van der Waals surface area contributed by atoms with E-state index in [4.69, 9.17) is 26.4 Å². The third-order valence-electron chi connectivity index (χ3n) is 5.11. The van der Waals surface area contributed by atoms with Crippen molar-refractivity contribution in [2.45, 2.75) is 26.3 Å². The van der Waals surface area contributed by atoms with Crippen LogP contribution in [0.2, 0.25) is 0 Å². The highest BCUT2D eigenvalue weighted by Gasteiger charge is 2.41. The number of carbonyl (C=O) groups is 2. The summed E-state index contributed by atoms with van der Waals surface area (Å²) in [6.07, 6.45) is 2.65. The van der Waals surface area contributed by atoms with E-state index in [1.54, 1.807) is 43.5 Å². The molecule has 0 saturated carbocycles. The van der Waals surface area contributed by atoms with Crippen LogP contribution in [0.3, 0.4) is 0 Å². The second-order valence-corrected chi connectivity index (χ2v) is 10.5. The van der Waals surface area contributed by atoms with Crippen molar-refractivity contribution in [1.82, 2.24) is 4.90 Å². The number of rotatable bonds is 9. The van der Waals surface area contributed by atoms with Gasteiger partial charge in [-0.2, -0.15) is 0 Å². The largest absolute Gasteiger partial charge is 0.493 e. The van der Waals surface area contributed by atoms with Crippen molar-refractivity contribution in [3.8, 4) is 11.5 Å². The number of carbonyl (C=O) groups excluding carboxylic acids is 2. The molecule has 0 N–H and O–H groups in total. The van der Waals surface area contributed by atoms with E-state index < -0.39 is 12.0 Å². The van der Waals surface area contributed by atoms with Crippen molar-refractivity contribution in [3.05, 3.63) is 63.0 Å². The average molecular weight is 565 g/mol. The zero-order valence-electron chi connectivity index (χ0n) is 19.4. The lowest BCUT2D eigenvalue weighted by Gasteiger charge is -2.24. The molecule has 9 heteroatoms. The van der Waals surface area contributed by atoms with Crippen LogP contribution in [-0.2, 0) is 14.3 Å². The van der Waals surface area contributed by atoms with Crippen molar-refractivity contribution >= 4 is 62.2 Å². The van der Waals surface area contributed by atoms with E-state index in [1.807, 2.05) is 12.1 Å². The second kappa shape index (κ2) is 11.9. The Morgan fingerprint density at radius 1 is 1.21 bits per heavy atom. The molecule has 0 bridgehead atoms. The van der Waals surface area contributed by atoms with E-state index in [9.17, 15) is 9.59 Å². The lowest BCUT2D eigenvalue weighted by molar-refractivity contribution is -0.148. The van der Waals surface area contributed by atoms with Crippen LogP contribution >= 0.6 is 39.9 Å². The van der Waals surface area contributed by atoms with Crippen molar-refractivity contribution in [3.63, 3.8) is 0 Å². The zero-order valence-corrected chi connectivity index (χ0v) is 22.6. The maximum absolute atomic E-state index is 13.3. The van der Waals surface area contributed by atoms with Crippen LogP contribution in [0.1, 0.15) is 37.4 Å². The first kappa shape index (κ1) is 26.2. The standard InChI is InChI=1S/C25H26BrNO5S2/c1-15(2)10-11-32-22-18(26)12-16(13-19(22)30-3)14-20-23(28)27(25(33)34-20)21(24(29)31-4)17-8-6-5-7-9-17/h5-9,12-15,21H,10-11H2,1-4H3/b20-14+. The van der Waals surface area contributed by atoms with Gasteiger partial charge in [-0.05, 0) is 57.6 Å². The van der Waals surface area contributed by atoms with Gasteiger partial charge in [0.1, 0.15) is 4.32 Å². The Labute approximate surface area is 217 Å². The minimum atomic E-state index is -0.956. The smallest absolute Gasteiger partial charge is 0.333 e. The van der Waals surface area contributed by atoms with Crippen molar-refractivity contribution < 1.29 is 23.8 Å². The number of nitrogens with zero attached hydrogens (tertiary/aromatic N) is 1. The van der Waals surface area contributed by atoms with Gasteiger partial charge in [-0.1, -0.05) is 68.2 Å². The molecular formula is C25H26BrNO5S2. The molecule has 6 nitrogen and oxygen atoms in total. The molecule has 1 amide bonds. The van der Waals surface area contributed by atoms with E-state index in [2.05, 4.69) is 29.8 Å². The highest BCUT2D eigenvalue weighted by molar-refractivity contribution is 9.10. The zero-order chi connectivity index (χ0) is 24.8. The molecule has 1 unspecified atom stereocenters. The van der Waals surface area contributed by atoms with Gasteiger partial charge in [-0.25, -0.2) is 4.79 Å². The molecule has 2 aromatic rings. The molecule has 180 valence electrons. The molecular weight excluding hydrogens is 538 g/mol. The van der Waals surface area contributed by atoms with E-state index in [1.165, 1.54) is 12.0 Å². The fourth-order valence-electron chi connectivity index (χ4n) is 3.35. The summed E-state index contributed by atoms with van der Waals surface area (Å²) in [5.74, 6) is 0.771. The third-order valence-corrected chi connectivity index (χ3v) is 7.03. The summed E-state index contributed by atoms with van der Waals surface area (Å²) in [4.78, 5) is 27.7. The van der Waals surface area contributed by atoms with Gasteiger partial charge >= 0.3 is 5.97 Å². The molecule has 1 heterocycles. The quantitative estimate of drug-likeness (QED) is 0.210. The molecule has 1 atom stereocenters. The molecule has 0 aliphatic carbocycles. The number of thiocarbonyl (C=S) groups is 1. The lowest BCUT2D eigenvalue weighted by Crippen LogP contribution is -2.37. The number of benzene rings is 2. The lowest BCUT2D eigenvalue weighted by atomic mass is 10.1. The predicted octanol–water partition coefficient (Wildman–Crippen LogP) is 6.00. The van der Waals surface area contributed by atoms with Gasteiger partial charge in [0.15, 0.2) is 17.5 Å². The minimum absolute atomic E-state index is 0.287. The molecule has 2 aromatic carbocycles. The van der Waals surface area contributed by atoms with Crippen LogP contribution in [-0.4, -0.2) is 41.9 Å². The minimum Gasteiger partial charge on any atom is -0.493 e. The van der Waals surface area contributed by atoms with Gasteiger partial charge in [0.2, 0.25) is 0 Å². The number of methoxy groups -OCH3 is 2. The fourth-order valence-corrected chi connectivity index (χ4v) is 5.24. The van der Waals surface area contributed by atoms with Crippen molar-refractivity contribution in [1.29, 1.82) is 0 Å². The Bertz CT molecular complexity index is 1100. The Morgan fingerprint density at radius 3 is 2.53 bits per heavy atom. The van der Waals surface area contributed by atoms with Gasteiger partial charge in [0.05, 0.1) is 30.2 Å². The maximum Gasteiger partial charge on any atom is 0.333 e.